The number of methoxy groups -OCH3 is 1. The molecule has 0 aromatic carbocycles. The third-order valence-electron chi connectivity index (χ3n) is 1.23. The van der Waals surface area contributed by atoms with Crippen molar-refractivity contribution in [1.29, 1.82) is 0 Å². The monoisotopic (exact) mass is 140 g/mol. The first-order valence-corrected chi connectivity index (χ1v) is 3.17. The molecular formula is C6H10N3O. The molecule has 0 fully saturated rings. The van der Waals surface area contributed by atoms with E-state index in [-0.39, 0.29) is 0 Å². The van der Waals surface area contributed by atoms with E-state index < -0.39 is 0 Å². The lowest BCUT2D eigenvalue weighted by Gasteiger charge is -1.98. The smallest absolute Gasteiger partial charge is 0.202 e. The van der Waals surface area contributed by atoms with Crippen LogP contribution in [0.25, 0.3) is 0 Å². The molecule has 1 aromatic heterocycles. The van der Waals surface area contributed by atoms with Gasteiger partial charge in [0.25, 0.3) is 0 Å². The van der Waals surface area contributed by atoms with Crippen molar-refractivity contribution in [3.63, 3.8) is 0 Å². The van der Waals surface area contributed by atoms with Crippen LogP contribution in [-0.4, -0.2) is 21.9 Å². The van der Waals surface area contributed by atoms with E-state index in [0.717, 1.165) is 12.4 Å². The van der Waals surface area contributed by atoms with Crippen LogP contribution < -0.4 is 0 Å². The minimum absolute atomic E-state index is 0.504. The molecule has 0 aliphatic heterocycles. The van der Waals surface area contributed by atoms with E-state index >= 15 is 0 Å². The van der Waals surface area contributed by atoms with Crippen molar-refractivity contribution in [2.75, 3.05) is 7.11 Å². The largest absolute Gasteiger partial charge is 0.377 e. The van der Waals surface area contributed by atoms with Crippen LogP contribution in [0.4, 0.5) is 0 Å². The van der Waals surface area contributed by atoms with E-state index in [1.165, 1.54) is 0 Å². The van der Waals surface area contributed by atoms with Gasteiger partial charge in [-0.3, -0.25) is 0 Å². The zero-order valence-corrected chi connectivity index (χ0v) is 6.16. The minimum atomic E-state index is 0.504. The predicted octanol–water partition coefficient (Wildman–Crippen LogP) is 0.245. The van der Waals surface area contributed by atoms with Crippen LogP contribution in [0.3, 0.4) is 0 Å². The Balaban J connectivity index is 2.70. The van der Waals surface area contributed by atoms with Crippen LogP contribution in [0.15, 0.2) is 0 Å². The van der Waals surface area contributed by atoms with Gasteiger partial charge in [-0.2, -0.15) is 0 Å². The summed E-state index contributed by atoms with van der Waals surface area (Å²) in [4.78, 5) is 0. The van der Waals surface area contributed by atoms with Gasteiger partial charge in [-0.1, -0.05) is 0 Å². The minimum Gasteiger partial charge on any atom is -0.377 e. The van der Waals surface area contributed by atoms with Crippen LogP contribution >= 0.6 is 0 Å². The predicted molar refractivity (Wildman–Crippen MR) is 35.2 cm³/mol. The maximum Gasteiger partial charge on any atom is 0.202 e. The molecule has 0 amide bonds. The number of aryl methyl sites for hydroxylation is 1. The first kappa shape index (κ1) is 7.21. The Morgan fingerprint density at radius 2 is 2.50 bits per heavy atom. The molecule has 4 nitrogen and oxygen atoms in total. The third kappa shape index (κ3) is 1.33. The number of ether oxygens (including phenoxy) is 1. The van der Waals surface area contributed by atoms with Crippen molar-refractivity contribution in [2.24, 2.45) is 0 Å². The van der Waals surface area contributed by atoms with Crippen molar-refractivity contribution in [1.82, 2.24) is 14.8 Å². The normalized spacial score (nSPS) is 10.2. The number of hydrogen-bond donors (Lipinski definition) is 0. The fourth-order valence-electron chi connectivity index (χ4n) is 0.735. The van der Waals surface area contributed by atoms with E-state index in [1.807, 2.05) is 11.5 Å². The fraction of sp³-hybridized carbons (Fsp3) is 0.667. The molecular weight excluding hydrogens is 130 g/mol. The third-order valence-corrected chi connectivity index (χ3v) is 1.23. The lowest BCUT2D eigenvalue weighted by Crippen LogP contribution is -2.01. The zero-order valence-electron chi connectivity index (χ0n) is 6.16. The van der Waals surface area contributed by atoms with Gasteiger partial charge < -0.3 is 9.30 Å². The van der Waals surface area contributed by atoms with Gasteiger partial charge >= 0.3 is 0 Å². The summed E-state index contributed by atoms with van der Waals surface area (Å²) in [6.45, 7) is 3.36. The van der Waals surface area contributed by atoms with Crippen LogP contribution in [0, 0.1) is 6.33 Å². The maximum atomic E-state index is 4.89. The Morgan fingerprint density at radius 3 is 3.10 bits per heavy atom. The van der Waals surface area contributed by atoms with Gasteiger partial charge in [0, 0.05) is 13.7 Å². The summed E-state index contributed by atoms with van der Waals surface area (Å²) in [5.74, 6) is 0.824. The average Bonchev–Trinajstić information content (AvgIpc) is 2.36. The molecule has 0 saturated carbocycles. The number of aromatic nitrogens is 3. The van der Waals surface area contributed by atoms with Crippen molar-refractivity contribution in [3.05, 3.63) is 12.2 Å². The molecule has 1 heterocycles. The van der Waals surface area contributed by atoms with Gasteiger partial charge in [-0.25, -0.2) is 0 Å². The summed E-state index contributed by atoms with van der Waals surface area (Å²) in [6.07, 6.45) is 2.72. The molecule has 1 radical (unpaired) electrons. The van der Waals surface area contributed by atoms with Crippen LogP contribution in [-0.2, 0) is 17.9 Å². The summed E-state index contributed by atoms with van der Waals surface area (Å²) >= 11 is 0. The molecule has 0 aliphatic rings. The molecule has 0 spiro atoms. The second kappa shape index (κ2) is 3.31. The first-order valence-electron chi connectivity index (χ1n) is 3.17. The highest BCUT2D eigenvalue weighted by Crippen LogP contribution is 1.94. The molecule has 0 bridgehead atoms. The fourth-order valence-corrected chi connectivity index (χ4v) is 0.735. The standard InChI is InChI=1S/C6H10N3O/c1-3-9-5-7-8-6(9)4-10-2/h3-4H2,1-2H3. The first-order chi connectivity index (χ1) is 4.88. The van der Waals surface area contributed by atoms with Crippen LogP contribution in [0.5, 0.6) is 0 Å². The topological polar surface area (TPSA) is 39.9 Å². The Hall–Kier alpha value is -0.900. The van der Waals surface area contributed by atoms with Gasteiger partial charge in [0.1, 0.15) is 6.61 Å². The van der Waals surface area contributed by atoms with E-state index in [2.05, 4.69) is 16.5 Å². The number of rotatable bonds is 3. The van der Waals surface area contributed by atoms with Gasteiger partial charge in [0.05, 0.1) is 0 Å². The molecule has 55 valence electrons. The summed E-state index contributed by atoms with van der Waals surface area (Å²) in [7, 11) is 1.63. The second-order valence-corrected chi connectivity index (χ2v) is 1.89. The summed E-state index contributed by atoms with van der Waals surface area (Å²) < 4.78 is 6.71. The number of nitrogens with zero attached hydrogens (tertiary/aromatic N) is 3. The lowest BCUT2D eigenvalue weighted by molar-refractivity contribution is 0.174. The molecule has 0 atom stereocenters. The Bertz CT molecular complexity index is 197. The average molecular weight is 140 g/mol. The molecule has 1 aromatic rings. The summed E-state index contributed by atoms with van der Waals surface area (Å²) in [6, 6.07) is 0. The summed E-state index contributed by atoms with van der Waals surface area (Å²) in [5, 5.41) is 7.43. The van der Waals surface area contributed by atoms with Crippen LogP contribution in [0.1, 0.15) is 12.7 Å². The maximum absolute atomic E-state index is 4.89. The quantitative estimate of drug-likeness (QED) is 0.604. The van der Waals surface area contributed by atoms with Crippen molar-refractivity contribution in [2.45, 2.75) is 20.1 Å². The Kier molecular flexibility index (Phi) is 2.39. The van der Waals surface area contributed by atoms with Gasteiger partial charge in [0.2, 0.25) is 6.33 Å². The molecule has 10 heavy (non-hydrogen) atoms. The molecule has 0 aliphatic carbocycles. The number of hydrogen-bond acceptors (Lipinski definition) is 3. The molecule has 0 unspecified atom stereocenters. The van der Waals surface area contributed by atoms with Crippen molar-refractivity contribution < 1.29 is 4.74 Å². The highest BCUT2D eigenvalue weighted by Gasteiger charge is 1.99. The van der Waals surface area contributed by atoms with E-state index in [4.69, 9.17) is 4.74 Å². The second-order valence-electron chi connectivity index (χ2n) is 1.89. The van der Waals surface area contributed by atoms with E-state index in [1.54, 1.807) is 7.11 Å². The molecule has 1 rings (SSSR count). The van der Waals surface area contributed by atoms with Crippen molar-refractivity contribution in [3.8, 4) is 0 Å². The Morgan fingerprint density at radius 1 is 1.70 bits per heavy atom. The van der Waals surface area contributed by atoms with Gasteiger partial charge in [0.15, 0.2) is 5.82 Å². The zero-order chi connectivity index (χ0) is 7.40. The van der Waals surface area contributed by atoms with E-state index in [9.17, 15) is 0 Å². The SMILES string of the molecule is CCn1[c]nnc1COC. The lowest BCUT2D eigenvalue weighted by atomic mass is 10.6. The van der Waals surface area contributed by atoms with Crippen molar-refractivity contribution >= 4 is 0 Å². The van der Waals surface area contributed by atoms with E-state index in [0.29, 0.717) is 6.61 Å². The summed E-state index contributed by atoms with van der Waals surface area (Å²) in [5.41, 5.74) is 0. The molecule has 4 heteroatoms. The molecule has 0 saturated heterocycles. The highest BCUT2D eigenvalue weighted by atomic mass is 16.5. The highest BCUT2D eigenvalue weighted by molar-refractivity contribution is 4.80. The van der Waals surface area contributed by atoms with Gasteiger partial charge in [-0.05, 0) is 6.92 Å². The molecule has 0 N–H and O–H groups in total. The van der Waals surface area contributed by atoms with Crippen LogP contribution in [0.2, 0.25) is 0 Å². The Labute approximate surface area is 59.8 Å². The van der Waals surface area contributed by atoms with Gasteiger partial charge in [-0.15, -0.1) is 10.2 Å².